The minimum Gasteiger partial charge on any atom is -0.306 e. The van der Waals surface area contributed by atoms with Crippen LogP contribution in [0.1, 0.15) is 36.5 Å². The molecule has 4 radical (unpaired) electrons. The minimum atomic E-state index is 0.0578. The van der Waals surface area contributed by atoms with Crippen molar-refractivity contribution in [2.45, 2.75) is 33.1 Å². The molecule has 0 atom stereocenters. The number of likely N-dealkylation sites (N-methyl/N-ethyl adjacent to an activating group) is 1. The number of nitrogens with zero attached hydrogens (tertiary/aromatic N) is 1. The van der Waals surface area contributed by atoms with Crippen molar-refractivity contribution in [2.75, 3.05) is 20.6 Å². The summed E-state index contributed by atoms with van der Waals surface area (Å²) in [5.74, 6) is 0.366. The Labute approximate surface area is 131 Å². The summed E-state index contributed by atoms with van der Waals surface area (Å²) in [6.07, 6.45) is 3.81. The molecule has 0 heterocycles. The summed E-state index contributed by atoms with van der Waals surface area (Å²) < 4.78 is 0. The second-order valence-corrected chi connectivity index (χ2v) is 6.04. The van der Waals surface area contributed by atoms with E-state index in [0.717, 1.165) is 28.7 Å². The minimum absolute atomic E-state index is 0.0578. The highest BCUT2D eigenvalue weighted by molar-refractivity contribution is 6.41. The van der Waals surface area contributed by atoms with E-state index in [1.807, 2.05) is 38.1 Å². The molecule has 0 aliphatic heterocycles. The lowest BCUT2D eigenvalue weighted by Crippen LogP contribution is -2.28. The van der Waals surface area contributed by atoms with E-state index in [1.54, 1.807) is 6.08 Å². The van der Waals surface area contributed by atoms with Gasteiger partial charge in [-0.05, 0) is 38.6 Å². The Balaban J connectivity index is 2.98. The van der Waals surface area contributed by atoms with Gasteiger partial charge in [-0.2, -0.15) is 0 Å². The first-order valence-electron chi connectivity index (χ1n) is 7.25. The van der Waals surface area contributed by atoms with Crippen LogP contribution >= 0.6 is 0 Å². The number of allylic oxidation sites excluding steroid dienone is 1. The molecule has 21 heavy (non-hydrogen) atoms. The zero-order valence-electron chi connectivity index (χ0n) is 13.7. The number of rotatable bonds is 6. The predicted octanol–water partition coefficient (Wildman–Crippen LogP) is 0.935. The van der Waals surface area contributed by atoms with Gasteiger partial charge in [-0.3, -0.25) is 4.79 Å². The molecular weight excluding hydrogens is 256 g/mol. The normalized spacial score (nSPS) is 11.8. The van der Waals surface area contributed by atoms with Crippen LogP contribution in [-0.2, 0) is 11.2 Å². The maximum absolute atomic E-state index is 12.0. The number of ketones is 1. The van der Waals surface area contributed by atoms with Gasteiger partial charge < -0.3 is 4.90 Å². The van der Waals surface area contributed by atoms with Crippen molar-refractivity contribution in [1.29, 1.82) is 0 Å². The second kappa shape index (κ2) is 7.65. The van der Waals surface area contributed by atoms with Crippen LogP contribution < -0.4 is 10.9 Å². The first-order valence-corrected chi connectivity index (χ1v) is 7.25. The Morgan fingerprint density at radius 3 is 2.43 bits per heavy atom. The highest BCUT2D eigenvalue weighted by Crippen LogP contribution is 2.15. The molecule has 4 heteroatoms. The summed E-state index contributed by atoms with van der Waals surface area (Å²) in [6.45, 7) is 6.83. The van der Waals surface area contributed by atoms with Crippen molar-refractivity contribution in [3.63, 3.8) is 0 Å². The van der Waals surface area contributed by atoms with Gasteiger partial charge in [0.1, 0.15) is 15.7 Å². The van der Waals surface area contributed by atoms with Crippen LogP contribution in [0.5, 0.6) is 0 Å². The average Bonchev–Trinajstić information content (AvgIpc) is 2.38. The molecule has 0 bridgehead atoms. The Morgan fingerprint density at radius 1 is 1.29 bits per heavy atom. The summed E-state index contributed by atoms with van der Waals surface area (Å²) in [5, 5.41) is 0. The van der Waals surface area contributed by atoms with Gasteiger partial charge in [0.05, 0.1) is 0 Å². The Hall–Kier alpha value is -1.28. The summed E-state index contributed by atoms with van der Waals surface area (Å²) in [5.41, 5.74) is 4.17. The molecule has 1 rings (SSSR count). The third kappa shape index (κ3) is 4.89. The van der Waals surface area contributed by atoms with Gasteiger partial charge in [-0.25, -0.2) is 0 Å². The number of hydrogen-bond acceptors (Lipinski definition) is 2. The van der Waals surface area contributed by atoms with Gasteiger partial charge in [-0.1, -0.05) is 48.0 Å². The number of carbonyl (C=O) groups is 1. The zero-order chi connectivity index (χ0) is 16.2. The molecule has 0 fully saturated rings. The van der Waals surface area contributed by atoms with Gasteiger partial charge in [0.15, 0.2) is 5.78 Å². The van der Waals surface area contributed by atoms with E-state index < -0.39 is 0 Å². The first kappa shape index (κ1) is 17.8. The van der Waals surface area contributed by atoms with Crippen molar-refractivity contribution in [3.05, 3.63) is 34.9 Å². The van der Waals surface area contributed by atoms with Crippen molar-refractivity contribution in [1.82, 2.24) is 4.90 Å². The lowest BCUT2D eigenvalue weighted by molar-refractivity contribution is -0.114. The van der Waals surface area contributed by atoms with Crippen LogP contribution in [0.3, 0.4) is 0 Å². The highest BCUT2D eigenvalue weighted by Gasteiger charge is 2.12. The van der Waals surface area contributed by atoms with Crippen LogP contribution in [0.25, 0.3) is 0 Å². The van der Waals surface area contributed by atoms with E-state index in [2.05, 4.69) is 13.8 Å². The van der Waals surface area contributed by atoms with Gasteiger partial charge in [0, 0.05) is 13.0 Å². The summed E-state index contributed by atoms with van der Waals surface area (Å²) in [7, 11) is 16.2. The highest BCUT2D eigenvalue weighted by atomic mass is 16.1. The lowest BCUT2D eigenvalue weighted by Gasteiger charge is -2.19. The summed E-state index contributed by atoms with van der Waals surface area (Å²) in [6, 6.07) is 1.97. The van der Waals surface area contributed by atoms with Gasteiger partial charge >= 0.3 is 0 Å². The molecule has 0 saturated heterocycles. The van der Waals surface area contributed by atoms with Crippen molar-refractivity contribution in [2.24, 2.45) is 0 Å². The van der Waals surface area contributed by atoms with Crippen LogP contribution in [0.15, 0.2) is 18.2 Å². The SMILES string of the molecule is [B]c1c(CC(=O)/C=C\CN(C)C)cc(C(C)C)c([B])c1C. The molecule has 0 unspecified atom stereocenters. The Kier molecular flexibility index (Phi) is 6.47. The monoisotopic (exact) mass is 279 g/mol. The maximum atomic E-state index is 12.0. The Bertz CT molecular complexity index is 548. The fraction of sp³-hybridized carbons (Fsp3) is 0.471. The fourth-order valence-electron chi connectivity index (χ4n) is 2.21. The molecular formula is C17H23B2NO. The number of carbonyl (C=O) groups excluding carboxylic acids is 1. The van der Waals surface area contributed by atoms with Crippen LogP contribution in [0, 0.1) is 6.92 Å². The van der Waals surface area contributed by atoms with E-state index in [9.17, 15) is 4.79 Å². The molecule has 1 aromatic carbocycles. The van der Waals surface area contributed by atoms with Crippen LogP contribution in [0.4, 0.5) is 0 Å². The molecule has 0 aliphatic rings. The topological polar surface area (TPSA) is 20.3 Å². The lowest BCUT2D eigenvalue weighted by atomic mass is 9.73. The number of hydrogen-bond donors (Lipinski definition) is 0. The standard InChI is InChI=1S/C17H23B2NO/c1-11(2)15-10-13(16(18)12(3)17(15)19)9-14(21)7-6-8-20(4)5/h6-7,10-11H,8-9H2,1-5H3/b7-6-. The molecule has 0 N–H and O–H groups in total. The third-order valence-corrected chi connectivity index (χ3v) is 3.56. The average molecular weight is 279 g/mol. The van der Waals surface area contributed by atoms with Crippen LogP contribution in [-0.4, -0.2) is 47.0 Å². The summed E-state index contributed by atoms with van der Waals surface area (Å²) in [4.78, 5) is 14.0. The van der Waals surface area contributed by atoms with Crippen molar-refractivity contribution in [3.8, 4) is 0 Å². The molecule has 108 valence electrons. The molecule has 0 spiro atoms. The smallest absolute Gasteiger partial charge is 0.159 e. The Morgan fingerprint density at radius 2 is 1.90 bits per heavy atom. The van der Waals surface area contributed by atoms with Gasteiger partial charge in [0.2, 0.25) is 0 Å². The molecule has 2 nitrogen and oxygen atoms in total. The summed E-state index contributed by atoms with van der Waals surface area (Å²) >= 11 is 0. The molecule has 0 amide bonds. The quantitative estimate of drug-likeness (QED) is 0.570. The van der Waals surface area contributed by atoms with E-state index in [-0.39, 0.29) is 5.78 Å². The van der Waals surface area contributed by atoms with E-state index in [0.29, 0.717) is 17.8 Å². The molecule has 0 saturated carbocycles. The maximum Gasteiger partial charge on any atom is 0.159 e. The third-order valence-electron chi connectivity index (χ3n) is 3.56. The molecule has 0 aliphatic carbocycles. The zero-order valence-corrected chi connectivity index (χ0v) is 13.7. The predicted molar refractivity (Wildman–Crippen MR) is 92.4 cm³/mol. The van der Waals surface area contributed by atoms with E-state index >= 15 is 0 Å². The molecule has 1 aromatic rings. The second-order valence-electron chi connectivity index (χ2n) is 6.04. The van der Waals surface area contributed by atoms with Gasteiger partial charge in [0.25, 0.3) is 0 Å². The first-order chi connectivity index (χ1) is 9.73. The largest absolute Gasteiger partial charge is 0.306 e. The number of benzene rings is 1. The van der Waals surface area contributed by atoms with Crippen molar-refractivity contribution < 1.29 is 4.79 Å². The van der Waals surface area contributed by atoms with Gasteiger partial charge in [-0.15, -0.1) is 0 Å². The molecule has 0 aromatic heterocycles. The van der Waals surface area contributed by atoms with E-state index in [4.69, 9.17) is 15.7 Å². The van der Waals surface area contributed by atoms with Crippen molar-refractivity contribution >= 4 is 32.4 Å². The van der Waals surface area contributed by atoms with E-state index in [1.165, 1.54) is 0 Å². The van der Waals surface area contributed by atoms with Crippen LogP contribution in [0.2, 0.25) is 0 Å². The fourth-order valence-corrected chi connectivity index (χ4v) is 2.21.